The Hall–Kier alpha value is -0.830. The fourth-order valence-electron chi connectivity index (χ4n) is 1.05. The van der Waals surface area contributed by atoms with Crippen molar-refractivity contribution >= 4 is 24.5 Å². The first-order valence-corrected chi connectivity index (χ1v) is 6.58. The van der Waals surface area contributed by atoms with Crippen molar-refractivity contribution in [1.82, 2.24) is 10.8 Å². The molecule has 0 aliphatic carbocycles. The minimum Gasteiger partial charge on any atom is -0.396 e. The Labute approximate surface area is 118 Å². The van der Waals surface area contributed by atoms with Crippen molar-refractivity contribution < 1.29 is 24.6 Å². The van der Waals surface area contributed by atoms with E-state index in [2.05, 4.69) is 28.3 Å². The molecule has 0 saturated carbocycles. The van der Waals surface area contributed by atoms with Gasteiger partial charge in [-0.05, 0) is 0 Å². The van der Waals surface area contributed by atoms with Gasteiger partial charge in [-0.3, -0.25) is 9.59 Å². The summed E-state index contributed by atoms with van der Waals surface area (Å²) >= 11 is 3.92. The van der Waals surface area contributed by atoms with Crippen molar-refractivity contribution in [2.45, 2.75) is 26.4 Å². The first-order valence-electron chi connectivity index (χ1n) is 5.95. The molecule has 0 heterocycles. The summed E-state index contributed by atoms with van der Waals surface area (Å²) in [5.41, 5.74) is 1.48. The van der Waals surface area contributed by atoms with Gasteiger partial charge in [-0.25, -0.2) is 0 Å². The number of aliphatic hydroxyl groups excluding tert-OH is 2. The number of amides is 1. The summed E-state index contributed by atoms with van der Waals surface area (Å²) in [6.45, 7) is 3.29. The van der Waals surface area contributed by atoms with Crippen molar-refractivity contribution in [3.8, 4) is 0 Å². The van der Waals surface area contributed by atoms with Crippen LogP contribution in [0.5, 0.6) is 0 Å². The van der Waals surface area contributed by atoms with E-state index in [1.807, 2.05) is 0 Å². The Bertz CT molecular complexity index is 299. The van der Waals surface area contributed by atoms with Crippen LogP contribution in [0.15, 0.2) is 0 Å². The quantitative estimate of drug-likeness (QED) is 0.209. The third-order valence-electron chi connectivity index (χ3n) is 2.42. The first-order chi connectivity index (χ1) is 8.85. The highest BCUT2D eigenvalue weighted by molar-refractivity contribution is 7.80. The molecule has 112 valence electrons. The molecule has 0 saturated heterocycles. The lowest BCUT2D eigenvalue weighted by molar-refractivity contribution is -0.150. The van der Waals surface area contributed by atoms with Gasteiger partial charge < -0.3 is 20.4 Å². The largest absolute Gasteiger partial charge is 0.396 e. The molecule has 4 N–H and O–H groups in total. The Morgan fingerprint density at radius 3 is 2.53 bits per heavy atom. The van der Waals surface area contributed by atoms with Crippen LogP contribution in [-0.2, 0) is 14.4 Å². The predicted octanol–water partition coefficient (Wildman–Crippen LogP) is -1.15. The van der Waals surface area contributed by atoms with Crippen LogP contribution in [0.25, 0.3) is 0 Å². The van der Waals surface area contributed by atoms with Crippen LogP contribution < -0.4 is 10.8 Å². The van der Waals surface area contributed by atoms with Crippen LogP contribution in [0.1, 0.15) is 20.3 Å². The van der Waals surface area contributed by atoms with E-state index in [0.29, 0.717) is 12.3 Å². The number of hydrogen-bond acceptors (Lipinski definition) is 7. The summed E-state index contributed by atoms with van der Waals surface area (Å²) in [6, 6.07) is 0. The van der Waals surface area contributed by atoms with Crippen LogP contribution in [0.4, 0.5) is 0 Å². The zero-order chi connectivity index (χ0) is 14.9. The van der Waals surface area contributed by atoms with Gasteiger partial charge in [0.2, 0.25) is 5.91 Å². The SMILES string of the molecule is CC(C)(CO)[C@@H](O)C(=O)NCCC(=O)ONCCS. The van der Waals surface area contributed by atoms with E-state index in [1.165, 1.54) is 0 Å². The summed E-state index contributed by atoms with van der Waals surface area (Å²) < 4.78 is 0. The van der Waals surface area contributed by atoms with E-state index in [9.17, 15) is 14.7 Å². The first kappa shape index (κ1) is 18.2. The standard InChI is InChI=1S/C11H22N2O5S/c1-11(2,7-14)9(16)10(17)12-4-3-8(15)18-13-5-6-19/h9,13-14,16,19H,3-7H2,1-2H3,(H,12,17)/t9-/m0/s1. The number of carbonyl (C=O) groups excluding carboxylic acids is 2. The van der Waals surface area contributed by atoms with Crippen molar-refractivity contribution in [1.29, 1.82) is 0 Å². The molecule has 8 heteroatoms. The lowest BCUT2D eigenvalue weighted by Crippen LogP contribution is -2.46. The van der Waals surface area contributed by atoms with E-state index in [-0.39, 0.29) is 19.6 Å². The molecule has 0 aromatic heterocycles. The highest BCUT2D eigenvalue weighted by Gasteiger charge is 2.32. The molecule has 0 fully saturated rings. The molecule has 0 aromatic rings. The van der Waals surface area contributed by atoms with Crippen molar-refractivity contribution in [2.24, 2.45) is 5.41 Å². The molecule has 7 nitrogen and oxygen atoms in total. The van der Waals surface area contributed by atoms with Crippen LogP contribution in [0.3, 0.4) is 0 Å². The average Bonchev–Trinajstić information content (AvgIpc) is 2.38. The fourth-order valence-corrected chi connectivity index (χ4v) is 1.15. The van der Waals surface area contributed by atoms with Gasteiger partial charge >= 0.3 is 5.97 Å². The van der Waals surface area contributed by atoms with Crippen LogP contribution in [-0.4, -0.2) is 53.6 Å². The van der Waals surface area contributed by atoms with Gasteiger partial charge in [-0.1, -0.05) is 13.8 Å². The minimum atomic E-state index is -1.34. The summed E-state index contributed by atoms with van der Waals surface area (Å²) in [6.07, 6.45) is -1.35. The van der Waals surface area contributed by atoms with Crippen LogP contribution >= 0.6 is 12.6 Å². The predicted molar refractivity (Wildman–Crippen MR) is 72.4 cm³/mol. The normalized spacial score (nSPS) is 12.9. The highest BCUT2D eigenvalue weighted by Crippen LogP contribution is 2.19. The molecule has 0 spiro atoms. The molecule has 0 bridgehead atoms. The Kier molecular flexibility index (Phi) is 8.73. The molecular weight excluding hydrogens is 272 g/mol. The number of thiol groups is 1. The van der Waals surface area contributed by atoms with Crippen molar-refractivity contribution in [3.63, 3.8) is 0 Å². The maximum Gasteiger partial charge on any atom is 0.326 e. The number of aliphatic hydroxyl groups is 2. The van der Waals surface area contributed by atoms with Crippen LogP contribution in [0, 0.1) is 5.41 Å². The summed E-state index contributed by atoms with van der Waals surface area (Å²) in [5, 5.41) is 21.1. The third-order valence-corrected chi connectivity index (χ3v) is 2.65. The topological polar surface area (TPSA) is 108 Å². The molecule has 1 amide bonds. The zero-order valence-corrected chi connectivity index (χ0v) is 12.1. The lowest BCUT2D eigenvalue weighted by Gasteiger charge is -2.27. The number of carbonyl (C=O) groups is 2. The van der Waals surface area contributed by atoms with Gasteiger partial charge in [0.25, 0.3) is 0 Å². The maximum atomic E-state index is 11.5. The van der Waals surface area contributed by atoms with Gasteiger partial charge in [0.05, 0.1) is 13.0 Å². The lowest BCUT2D eigenvalue weighted by atomic mass is 9.87. The Morgan fingerprint density at radius 1 is 1.37 bits per heavy atom. The Morgan fingerprint density at radius 2 is 2.00 bits per heavy atom. The smallest absolute Gasteiger partial charge is 0.326 e. The molecule has 0 rings (SSSR count). The summed E-state index contributed by atoms with van der Waals surface area (Å²) in [4.78, 5) is 27.3. The second-order valence-corrected chi connectivity index (χ2v) is 5.13. The van der Waals surface area contributed by atoms with Gasteiger partial charge in [0.1, 0.15) is 6.10 Å². The number of nitrogens with one attached hydrogen (secondary N) is 2. The van der Waals surface area contributed by atoms with E-state index < -0.39 is 23.4 Å². The monoisotopic (exact) mass is 294 g/mol. The molecular formula is C11H22N2O5S. The van der Waals surface area contributed by atoms with Gasteiger partial charge in [0, 0.05) is 24.3 Å². The molecule has 1 atom stereocenters. The van der Waals surface area contributed by atoms with Crippen LogP contribution in [0.2, 0.25) is 0 Å². The van der Waals surface area contributed by atoms with Crippen molar-refractivity contribution in [2.75, 3.05) is 25.4 Å². The van der Waals surface area contributed by atoms with Gasteiger partial charge in [0.15, 0.2) is 0 Å². The molecule has 0 radical (unpaired) electrons. The molecule has 0 aliphatic heterocycles. The zero-order valence-electron chi connectivity index (χ0n) is 11.2. The molecule has 0 unspecified atom stereocenters. The summed E-state index contributed by atoms with van der Waals surface area (Å²) in [7, 11) is 0. The maximum absolute atomic E-state index is 11.5. The number of hydrogen-bond donors (Lipinski definition) is 5. The highest BCUT2D eigenvalue weighted by atomic mass is 32.1. The van der Waals surface area contributed by atoms with Crippen molar-refractivity contribution in [3.05, 3.63) is 0 Å². The van der Waals surface area contributed by atoms with E-state index in [0.717, 1.165) is 0 Å². The third kappa shape index (κ3) is 7.36. The number of hydroxylamine groups is 1. The fraction of sp³-hybridized carbons (Fsp3) is 0.818. The van der Waals surface area contributed by atoms with E-state index >= 15 is 0 Å². The minimum absolute atomic E-state index is 0.0163. The number of rotatable bonds is 9. The van der Waals surface area contributed by atoms with Gasteiger partial charge in [-0.2, -0.15) is 18.1 Å². The molecule has 19 heavy (non-hydrogen) atoms. The second kappa shape index (κ2) is 9.13. The molecule has 0 aromatic carbocycles. The average molecular weight is 294 g/mol. The second-order valence-electron chi connectivity index (χ2n) is 4.68. The van der Waals surface area contributed by atoms with E-state index in [1.54, 1.807) is 13.8 Å². The van der Waals surface area contributed by atoms with E-state index in [4.69, 9.17) is 5.11 Å². The Balaban J connectivity index is 3.88. The molecule has 0 aliphatic rings. The van der Waals surface area contributed by atoms with Gasteiger partial charge in [-0.15, -0.1) is 0 Å². The summed E-state index contributed by atoms with van der Waals surface area (Å²) in [5.74, 6) is -0.611.